The van der Waals surface area contributed by atoms with Crippen molar-refractivity contribution in [2.24, 2.45) is 10.4 Å². The molecule has 3 aliphatic rings. The summed E-state index contributed by atoms with van der Waals surface area (Å²) in [6.07, 6.45) is 9.67. The van der Waals surface area contributed by atoms with E-state index in [-0.39, 0.29) is 22.5 Å². The Morgan fingerprint density at radius 2 is 1.65 bits per heavy atom. The third-order valence-corrected chi connectivity index (χ3v) is 9.49. The Balaban J connectivity index is 1.43. The predicted molar refractivity (Wildman–Crippen MR) is 149 cm³/mol. The van der Waals surface area contributed by atoms with E-state index in [1.807, 2.05) is 19.2 Å². The van der Waals surface area contributed by atoms with E-state index in [2.05, 4.69) is 82.5 Å². The van der Waals surface area contributed by atoms with E-state index >= 15 is 0 Å². The van der Waals surface area contributed by atoms with Crippen LogP contribution in [0.2, 0.25) is 0 Å². The number of urea groups is 1. The molecule has 0 unspecified atom stereocenters. The van der Waals surface area contributed by atoms with E-state index in [1.165, 1.54) is 12.0 Å². The Hall–Kier alpha value is -2.86. The van der Waals surface area contributed by atoms with Gasteiger partial charge in [-0.25, -0.2) is 4.79 Å². The minimum Gasteiger partial charge on any atom is -0.497 e. The fourth-order valence-corrected chi connectivity index (χ4v) is 7.04. The van der Waals surface area contributed by atoms with Gasteiger partial charge in [-0.3, -0.25) is 4.90 Å². The van der Waals surface area contributed by atoms with Crippen LogP contribution in [0.4, 0.5) is 4.79 Å². The van der Waals surface area contributed by atoms with Crippen LogP contribution in [0.5, 0.6) is 5.75 Å². The molecule has 0 bridgehead atoms. The highest BCUT2D eigenvalue weighted by Gasteiger charge is 2.56. The number of nitrogens with zero attached hydrogens (tertiary/aromatic N) is 4. The van der Waals surface area contributed by atoms with Gasteiger partial charge in [0.2, 0.25) is 0 Å². The third-order valence-electron chi connectivity index (χ3n) is 9.49. The third kappa shape index (κ3) is 4.65. The van der Waals surface area contributed by atoms with E-state index in [0.29, 0.717) is 6.54 Å². The molecule has 1 aliphatic heterocycles. The van der Waals surface area contributed by atoms with Gasteiger partial charge in [-0.15, -0.1) is 0 Å². The highest BCUT2D eigenvalue weighted by molar-refractivity contribution is 5.79. The summed E-state index contributed by atoms with van der Waals surface area (Å²) in [5.74, 6) is 0.841. The SMILES string of the molecule is C/N=C\C1(CN2C(=O)N(Cc3ccc(OC)cc3)C[C@]23CC[C@](c2ccccc2)(N(C)C)CC3)CCC1. The zero-order valence-corrected chi connectivity index (χ0v) is 22.9. The second-order valence-corrected chi connectivity index (χ2v) is 11.7. The lowest BCUT2D eigenvalue weighted by Gasteiger charge is -2.53. The first-order valence-corrected chi connectivity index (χ1v) is 13.7. The molecular weight excluding hydrogens is 460 g/mol. The lowest BCUT2D eigenvalue weighted by Crippen LogP contribution is -2.58. The quantitative estimate of drug-likeness (QED) is 0.443. The molecule has 5 rings (SSSR count). The monoisotopic (exact) mass is 502 g/mol. The fraction of sp³-hybridized carbons (Fsp3) is 0.548. The van der Waals surface area contributed by atoms with Crippen LogP contribution >= 0.6 is 0 Å². The van der Waals surface area contributed by atoms with Crippen molar-refractivity contribution in [3.8, 4) is 5.75 Å². The number of amides is 2. The maximum absolute atomic E-state index is 14.1. The predicted octanol–water partition coefficient (Wildman–Crippen LogP) is 5.57. The molecule has 2 amide bonds. The molecule has 2 aliphatic carbocycles. The molecule has 1 spiro atoms. The molecule has 198 valence electrons. The van der Waals surface area contributed by atoms with Gasteiger partial charge in [0.15, 0.2) is 0 Å². The van der Waals surface area contributed by atoms with Gasteiger partial charge >= 0.3 is 6.03 Å². The summed E-state index contributed by atoms with van der Waals surface area (Å²) in [5.41, 5.74) is 2.42. The Morgan fingerprint density at radius 3 is 2.19 bits per heavy atom. The molecule has 0 radical (unpaired) electrons. The van der Waals surface area contributed by atoms with Crippen molar-refractivity contribution >= 4 is 12.2 Å². The minimum absolute atomic E-state index is 0.00364. The average Bonchev–Trinajstić information content (AvgIpc) is 3.14. The molecule has 0 N–H and O–H groups in total. The fourth-order valence-electron chi connectivity index (χ4n) is 7.04. The van der Waals surface area contributed by atoms with Gasteiger partial charge in [-0.1, -0.05) is 48.9 Å². The molecule has 2 saturated carbocycles. The van der Waals surface area contributed by atoms with Crippen LogP contribution in [0.15, 0.2) is 59.6 Å². The number of rotatable bonds is 8. The number of carbonyl (C=O) groups is 1. The number of hydrogen-bond acceptors (Lipinski definition) is 4. The van der Waals surface area contributed by atoms with Crippen molar-refractivity contribution in [2.45, 2.75) is 62.6 Å². The number of aliphatic imine (C=N–C) groups is 1. The molecular formula is C31H42N4O2. The zero-order valence-electron chi connectivity index (χ0n) is 22.9. The lowest BCUT2D eigenvalue weighted by molar-refractivity contribution is 0.00983. The number of ether oxygens (including phenoxy) is 1. The maximum Gasteiger partial charge on any atom is 0.320 e. The molecule has 3 fully saturated rings. The zero-order chi connectivity index (χ0) is 26.1. The second-order valence-electron chi connectivity index (χ2n) is 11.7. The summed E-state index contributed by atoms with van der Waals surface area (Å²) in [5, 5.41) is 0. The van der Waals surface area contributed by atoms with Crippen LogP contribution in [-0.2, 0) is 12.1 Å². The molecule has 0 atom stereocenters. The lowest BCUT2D eigenvalue weighted by atomic mass is 9.66. The number of hydrogen-bond donors (Lipinski definition) is 0. The van der Waals surface area contributed by atoms with E-state index in [4.69, 9.17) is 4.74 Å². The Kier molecular flexibility index (Phi) is 7.06. The first-order chi connectivity index (χ1) is 17.9. The molecule has 0 aromatic heterocycles. The van der Waals surface area contributed by atoms with Gasteiger partial charge < -0.3 is 19.5 Å². The molecule has 6 heteroatoms. The van der Waals surface area contributed by atoms with Crippen LogP contribution in [0.25, 0.3) is 0 Å². The van der Waals surface area contributed by atoms with Crippen LogP contribution in [0.3, 0.4) is 0 Å². The van der Waals surface area contributed by atoms with Crippen molar-refractivity contribution in [1.29, 1.82) is 0 Å². The molecule has 6 nitrogen and oxygen atoms in total. The van der Waals surface area contributed by atoms with Crippen LogP contribution < -0.4 is 4.74 Å². The van der Waals surface area contributed by atoms with Crippen LogP contribution in [-0.4, -0.2) is 73.8 Å². The van der Waals surface area contributed by atoms with Gasteiger partial charge in [0.05, 0.1) is 12.6 Å². The van der Waals surface area contributed by atoms with Crippen molar-refractivity contribution < 1.29 is 9.53 Å². The van der Waals surface area contributed by atoms with Gasteiger partial charge in [-0.2, -0.15) is 0 Å². The van der Waals surface area contributed by atoms with Crippen molar-refractivity contribution in [2.75, 3.05) is 41.3 Å². The molecule has 2 aromatic rings. The van der Waals surface area contributed by atoms with Gasteiger partial charge in [-0.05, 0) is 75.9 Å². The second kappa shape index (κ2) is 10.1. The molecule has 1 saturated heterocycles. The van der Waals surface area contributed by atoms with E-state index in [1.54, 1.807) is 7.11 Å². The van der Waals surface area contributed by atoms with E-state index in [0.717, 1.165) is 62.9 Å². The minimum atomic E-state index is -0.137. The molecule has 2 aromatic carbocycles. The summed E-state index contributed by atoms with van der Waals surface area (Å²) in [7, 11) is 7.96. The first-order valence-electron chi connectivity index (χ1n) is 13.7. The van der Waals surface area contributed by atoms with Gasteiger partial charge in [0, 0.05) is 43.9 Å². The van der Waals surface area contributed by atoms with Crippen molar-refractivity contribution in [3.63, 3.8) is 0 Å². The summed E-state index contributed by atoms with van der Waals surface area (Å²) in [6.45, 7) is 2.20. The van der Waals surface area contributed by atoms with Crippen LogP contribution in [0.1, 0.15) is 56.1 Å². The number of methoxy groups -OCH3 is 1. The topological polar surface area (TPSA) is 48.4 Å². The number of benzene rings is 2. The molecule has 1 heterocycles. The summed E-state index contributed by atoms with van der Waals surface area (Å²) in [6, 6.07) is 19.2. The van der Waals surface area contributed by atoms with E-state index in [9.17, 15) is 4.79 Å². The smallest absolute Gasteiger partial charge is 0.320 e. The Morgan fingerprint density at radius 1 is 0.973 bits per heavy atom. The average molecular weight is 503 g/mol. The molecule has 37 heavy (non-hydrogen) atoms. The largest absolute Gasteiger partial charge is 0.497 e. The summed E-state index contributed by atoms with van der Waals surface area (Å²) in [4.78, 5) is 25.2. The normalized spacial score (nSPS) is 27.3. The first kappa shape index (κ1) is 25.8. The van der Waals surface area contributed by atoms with Crippen molar-refractivity contribution in [1.82, 2.24) is 14.7 Å². The summed E-state index contributed by atoms with van der Waals surface area (Å²) >= 11 is 0. The highest BCUT2D eigenvalue weighted by Crippen LogP contribution is 2.51. The van der Waals surface area contributed by atoms with Crippen LogP contribution in [0, 0.1) is 5.41 Å². The Labute approximate surface area is 222 Å². The summed E-state index contributed by atoms with van der Waals surface area (Å²) < 4.78 is 5.33. The number of carbonyl (C=O) groups excluding carboxylic acids is 1. The Bertz CT molecular complexity index is 1100. The van der Waals surface area contributed by atoms with E-state index < -0.39 is 0 Å². The van der Waals surface area contributed by atoms with Gasteiger partial charge in [0.25, 0.3) is 0 Å². The highest BCUT2D eigenvalue weighted by atomic mass is 16.5. The maximum atomic E-state index is 14.1. The standard InChI is InChI=1S/C31H42N4O2/c1-32-22-29(15-8-16-29)23-35-28(36)34(21-25-11-13-27(37-4)14-12-25)24-30(35)17-19-31(20-18-30,33(2)3)26-9-6-5-7-10-26/h5-7,9-14,22H,8,15-21,23-24H2,1-4H3/b32-22-/t30-,31+. The van der Waals surface area contributed by atoms with Gasteiger partial charge in [0.1, 0.15) is 5.75 Å². The van der Waals surface area contributed by atoms with Crippen molar-refractivity contribution in [3.05, 3.63) is 65.7 Å².